The third-order valence-corrected chi connectivity index (χ3v) is 5.56. The highest BCUT2D eigenvalue weighted by Gasteiger charge is 2.28. The molecular weight excluding hydrogens is 318 g/mol. The Bertz CT molecular complexity index is 526. The van der Waals surface area contributed by atoms with Crippen LogP contribution in [0.3, 0.4) is 0 Å². The Morgan fingerprint density at radius 1 is 1.24 bits per heavy atom. The first-order valence-electron chi connectivity index (χ1n) is 9.55. The molecule has 0 aliphatic carbocycles. The summed E-state index contributed by atoms with van der Waals surface area (Å²) in [6, 6.07) is 3.86. The first-order valence-corrected chi connectivity index (χ1v) is 9.55. The molecule has 25 heavy (non-hydrogen) atoms. The molecule has 140 valence electrons. The van der Waals surface area contributed by atoms with Crippen molar-refractivity contribution in [2.75, 3.05) is 46.3 Å². The number of hydrogen-bond acceptors (Lipinski definition) is 5. The minimum absolute atomic E-state index is 0.229. The van der Waals surface area contributed by atoms with Crippen LogP contribution in [0, 0.1) is 0 Å². The smallest absolute Gasteiger partial charge is 0.236 e. The van der Waals surface area contributed by atoms with Gasteiger partial charge >= 0.3 is 0 Å². The highest BCUT2D eigenvalue weighted by molar-refractivity contribution is 5.78. The van der Waals surface area contributed by atoms with Gasteiger partial charge in [-0.3, -0.25) is 9.69 Å². The fourth-order valence-corrected chi connectivity index (χ4v) is 3.90. The molecule has 1 N–H and O–H groups in total. The van der Waals surface area contributed by atoms with E-state index in [1.807, 2.05) is 11.0 Å². The molecule has 0 radical (unpaired) electrons. The quantitative estimate of drug-likeness (QED) is 0.877. The van der Waals surface area contributed by atoms with E-state index in [0.717, 1.165) is 52.0 Å². The average molecular weight is 349 g/mol. The normalized spacial score (nSPS) is 24.9. The van der Waals surface area contributed by atoms with Gasteiger partial charge in [-0.15, -0.1) is 0 Å². The lowest BCUT2D eigenvalue weighted by atomic mass is 10.0. The van der Waals surface area contributed by atoms with E-state index in [0.29, 0.717) is 18.7 Å². The second-order valence-electron chi connectivity index (χ2n) is 7.42. The van der Waals surface area contributed by atoms with Crippen LogP contribution in [0.5, 0.6) is 0 Å². The number of piperazine rings is 1. The zero-order valence-electron chi connectivity index (χ0n) is 15.3. The molecule has 6 heteroatoms. The summed E-state index contributed by atoms with van der Waals surface area (Å²) in [4.78, 5) is 19.3. The van der Waals surface area contributed by atoms with Gasteiger partial charge in [0.1, 0.15) is 11.9 Å². The third kappa shape index (κ3) is 5.06. The molecule has 2 unspecified atom stereocenters. The maximum absolute atomic E-state index is 12.7. The topological polar surface area (TPSA) is 60.2 Å². The van der Waals surface area contributed by atoms with E-state index < -0.39 is 6.10 Å². The molecule has 2 aliphatic heterocycles. The fraction of sp³-hybridized carbons (Fsp3) is 0.737. The second kappa shape index (κ2) is 8.83. The summed E-state index contributed by atoms with van der Waals surface area (Å²) >= 11 is 0. The summed E-state index contributed by atoms with van der Waals surface area (Å²) < 4.78 is 5.34. The summed E-state index contributed by atoms with van der Waals surface area (Å²) in [6.07, 6.45) is 6.15. The number of carbonyl (C=O) groups is 1. The minimum Gasteiger partial charge on any atom is -0.467 e. The maximum Gasteiger partial charge on any atom is 0.236 e. The van der Waals surface area contributed by atoms with Crippen LogP contribution >= 0.6 is 0 Å². The van der Waals surface area contributed by atoms with Crippen molar-refractivity contribution in [3.63, 3.8) is 0 Å². The van der Waals surface area contributed by atoms with Crippen molar-refractivity contribution < 1.29 is 14.3 Å². The average Bonchev–Trinajstić information content (AvgIpc) is 3.06. The van der Waals surface area contributed by atoms with Gasteiger partial charge in [-0.2, -0.15) is 0 Å². The Labute approximate surface area is 150 Å². The van der Waals surface area contributed by atoms with Gasteiger partial charge in [-0.1, -0.05) is 12.8 Å². The number of hydrogen-bond donors (Lipinski definition) is 1. The fourth-order valence-electron chi connectivity index (χ4n) is 3.90. The Kier molecular flexibility index (Phi) is 6.51. The first-order chi connectivity index (χ1) is 12.1. The molecule has 2 aliphatic rings. The standard InChI is InChI=1S/C19H31N3O3/c1-20-9-11-21(12-10-20)19(24)15-22-8-4-2-3-6-16(22)14-17(23)18-7-5-13-25-18/h5,7,13,16-17,23H,2-4,6,8-12,14-15H2,1H3. The van der Waals surface area contributed by atoms with Gasteiger partial charge in [0, 0.05) is 32.2 Å². The molecular formula is C19H31N3O3. The number of furan rings is 1. The van der Waals surface area contributed by atoms with Gasteiger partial charge in [0.25, 0.3) is 0 Å². The van der Waals surface area contributed by atoms with E-state index >= 15 is 0 Å². The van der Waals surface area contributed by atoms with Gasteiger partial charge in [0.05, 0.1) is 12.8 Å². The Balaban J connectivity index is 1.59. The van der Waals surface area contributed by atoms with E-state index in [1.54, 1.807) is 12.3 Å². The lowest BCUT2D eigenvalue weighted by molar-refractivity contribution is -0.134. The summed E-state index contributed by atoms with van der Waals surface area (Å²) in [7, 11) is 2.10. The van der Waals surface area contributed by atoms with Gasteiger partial charge < -0.3 is 19.3 Å². The molecule has 0 saturated carbocycles. The Hall–Kier alpha value is -1.37. The van der Waals surface area contributed by atoms with Crippen LogP contribution in [0.25, 0.3) is 0 Å². The van der Waals surface area contributed by atoms with Crippen LogP contribution in [0.1, 0.15) is 44.0 Å². The minimum atomic E-state index is -0.598. The summed E-state index contributed by atoms with van der Waals surface area (Å²) in [6.45, 7) is 4.96. The molecule has 6 nitrogen and oxygen atoms in total. The van der Waals surface area contributed by atoms with Crippen LogP contribution < -0.4 is 0 Å². The van der Waals surface area contributed by atoms with Crippen molar-refractivity contribution >= 4 is 5.91 Å². The van der Waals surface area contributed by atoms with E-state index in [-0.39, 0.29) is 11.9 Å². The number of likely N-dealkylation sites (N-methyl/N-ethyl adjacent to an activating group) is 1. The van der Waals surface area contributed by atoms with Gasteiger partial charge in [0.15, 0.2) is 0 Å². The maximum atomic E-state index is 12.7. The van der Waals surface area contributed by atoms with E-state index in [2.05, 4.69) is 16.8 Å². The van der Waals surface area contributed by atoms with Crippen molar-refractivity contribution in [1.29, 1.82) is 0 Å². The summed E-state index contributed by atoms with van der Waals surface area (Å²) in [5.74, 6) is 0.849. The van der Waals surface area contributed by atoms with Crippen molar-refractivity contribution in [1.82, 2.24) is 14.7 Å². The predicted molar refractivity (Wildman–Crippen MR) is 96.2 cm³/mol. The number of amides is 1. The van der Waals surface area contributed by atoms with Crippen LogP contribution in [-0.4, -0.2) is 78.1 Å². The molecule has 0 bridgehead atoms. The number of likely N-dealkylation sites (tertiary alicyclic amines) is 1. The lowest BCUT2D eigenvalue weighted by Gasteiger charge is -2.36. The predicted octanol–water partition coefficient (Wildman–Crippen LogP) is 1.72. The van der Waals surface area contributed by atoms with Gasteiger partial charge in [0.2, 0.25) is 5.91 Å². The SMILES string of the molecule is CN1CCN(C(=O)CN2CCCCCC2CC(O)c2ccco2)CC1. The van der Waals surface area contributed by atoms with Crippen molar-refractivity contribution in [3.05, 3.63) is 24.2 Å². The molecule has 2 fully saturated rings. The van der Waals surface area contributed by atoms with Crippen LogP contribution in [0.15, 0.2) is 22.8 Å². The highest BCUT2D eigenvalue weighted by atomic mass is 16.4. The zero-order valence-corrected chi connectivity index (χ0v) is 15.3. The Morgan fingerprint density at radius 2 is 2.04 bits per heavy atom. The second-order valence-corrected chi connectivity index (χ2v) is 7.42. The van der Waals surface area contributed by atoms with Gasteiger partial charge in [-0.05, 0) is 45.0 Å². The molecule has 2 saturated heterocycles. The van der Waals surface area contributed by atoms with E-state index in [9.17, 15) is 9.90 Å². The molecule has 1 aromatic heterocycles. The number of nitrogens with zero attached hydrogens (tertiary/aromatic N) is 3. The molecule has 1 aromatic rings. The van der Waals surface area contributed by atoms with Crippen molar-refractivity contribution in [3.8, 4) is 0 Å². The summed E-state index contributed by atoms with van der Waals surface area (Å²) in [5, 5.41) is 10.5. The van der Waals surface area contributed by atoms with Gasteiger partial charge in [-0.25, -0.2) is 0 Å². The number of carbonyl (C=O) groups excluding carboxylic acids is 1. The lowest BCUT2D eigenvalue weighted by Crippen LogP contribution is -2.51. The van der Waals surface area contributed by atoms with Crippen LogP contribution in [-0.2, 0) is 4.79 Å². The summed E-state index contributed by atoms with van der Waals surface area (Å²) in [5.41, 5.74) is 0. The molecule has 3 rings (SSSR count). The number of aliphatic hydroxyl groups excluding tert-OH is 1. The first kappa shape index (κ1) is 18.4. The largest absolute Gasteiger partial charge is 0.467 e. The van der Waals surface area contributed by atoms with Crippen molar-refractivity contribution in [2.24, 2.45) is 0 Å². The molecule has 2 atom stereocenters. The molecule has 1 amide bonds. The van der Waals surface area contributed by atoms with E-state index in [1.165, 1.54) is 6.42 Å². The molecule has 0 spiro atoms. The number of rotatable bonds is 5. The third-order valence-electron chi connectivity index (χ3n) is 5.56. The zero-order chi connectivity index (χ0) is 17.6. The monoisotopic (exact) mass is 349 g/mol. The van der Waals surface area contributed by atoms with Crippen LogP contribution in [0.2, 0.25) is 0 Å². The van der Waals surface area contributed by atoms with Crippen molar-refractivity contribution in [2.45, 2.75) is 44.2 Å². The Morgan fingerprint density at radius 3 is 2.76 bits per heavy atom. The van der Waals surface area contributed by atoms with Crippen LogP contribution in [0.4, 0.5) is 0 Å². The number of aliphatic hydroxyl groups is 1. The highest BCUT2D eigenvalue weighted by Crippen LogP contribution is 2.26. The molecule has 0 aromatic carbocycles. The molecule has 3 heterocycles. The van der Waals surface area contributed by atoms with E-state index in [4.69, 9.17) is 4.42 Å².